The Bertz CT molecular complexity index is 3440. The number of hydrogen-bond acceptors (Lipinski definition) is 4. The number of benzene rings is 8. The van der Waals surface area contributed by atoms with Crippen molar-refractivity contribution < 1.29 is 0 Å². The normalized spacial score (nSPS) is 11.5. The zero-order valence-corrected chi connectivity index (χ0v) is 30.6. The molecule has 0 N–H and O–H groups in total. The third-order valence-electron chi connectivity index (χ3n) is 11.0. The van der Waals surface area contributed by atoms with Crippen LogP contribution in [0.3, 0.4) is 0 Å². The van der Waals surface area contributed by atoms with E-state index in [4.69, 9.17) is 15.0 Å². The molecule has 3 heterocycles. The predicted molar refractivity (Wildman–Crippen MR) is 234 cm³/mol. The van der Waals surface area contributed by atoms with Gasteiger partial charge >= 0.3 is 0 Å². The van der Waals surface area contributed by atoms with Crippen LogP contribution in [0, 0.1) is 11.3 Å². The van der Waals surface area contributed by atoms with Crippen LogP contribution < -0.4 is 0 Å². The molecule has 0 spiro atoms. The number of fused-ring (bicyclic) bond motifs is 14. The van der Waals surface area contributed by atoms with Crippen molar-refractivity contribution in [2.75, 3.05) is 0 Å². The van der Waals surface area contributed by atoms with E-state index in [1.54, 1.807) is 0 Å². The van der Waals surface area contributed by atoms with Crippen molar-refractivity contribution in [1.29, 1.82) is 5.26 Å². The van der Waals surface area contributed by atoms with E-state index in [-0.39, 0.29) is 0 Å². The molecule has 0 fully saturated rings. The molecule has 3 aromatic heterocycles. The molecule has 5 nitrogen and oxygen atoms in total. The molecule has 11 rings (SSSR count). The van der Waals surface area contributed by atoms with Crippen LogP contribution in [0.25, 0.3) is 105 Å². The Morgan fingerprint density at radius 1 is 0.386 bits per heavy atom. The molecule has 264 valence electrons. The van der Waals surface area contributed by atoms with Crippen molar-refractivity contribution in [2.24, 2.45) is 0 Å². The van der Waals surface area contributed by atoms with Gasteiger partial charge in [-0.2, -0.15) is 5.26 Å². The molecule has 0 aliphatic rings. The largest absolute Gasteiger partial charge is 0.309 e. The molecule has 0 radical (unpaired) electrons. The Morgan fingerprint density at radius 3 is 1.58 bits per heavy atom. The van der Waals surface area contributed by atoms with Crippen molar-refractivity contribution in [3.05, 3.63) is 194 Å². The van der Waals surface area contributed by atoms with Crippen molar-refractivity contribution >= 4 is 65.4 Å². The number of nitriles is 1. The Morgan fingerprint density at radius 2 is 0.895 bits per heavy atom. The van der Waals surface area contributed by atoms with Crippen LogP contribution in [0.5, 0.6) is 0 Å². The van der Waals surface area contributed by atoms with Gasteiger partial charge in [0.1, 0.15) is 0 Å². The van der Waals surface area contributed by atoms with Crippen LogP contribution >= 0.6 is 0 Å². The molecule has 0 amide bonds. The summed E-state index contributed by atoms with van der Waals surface area (Å²) in [5, 5.41) is 17.9. The van der Waals surface area contributed by atoms with Crippen LogP contribution in [-0.4, -0.2) is 19.5 Å². The highest BCUT2D eigenvalue weighted by atomic mass is 15.0. The minimum absolute atomic E-state index is 0.624. The molecule has 0 aliphatic heterocycles. The van der Waals surface area contributed by atoms with Crippen molar-refractivity contribution in [3.63, 3.8) is 0 Å². The summed E-state index contributed by atoms with van der Waals surface area (Å²) in [5.74, 6) is 0.627. The van der Waals surface area contributed by atoms with Gasteiger partial charge in [-0.15, -0.1) is 0 Å². The molecule has 0 aliphatic carbocycles. The second-order valence-corrected chi connectivity index (χ2v) is 14.4. The van der Waals surface area contributed by atoms with Crippen LogP contribution in [0.2, 0.25) is 0 Å². The smallest absolute Gasteiger partial charge is 0.164 e. The highest BCUT2D eigenvalue weighted by Crippen LogP contribution is 2.41. The summed E-state index contributed by atoms with van der Waals surface area (Å²) in [5.41, 5.74) is 10.6. The van der Waals surface area contributed by atoms with E-state index in [0.717, 1.165) is 87.6 Å². The molecular formula is C52H31N5. The minimum atomic E-state index is 0.624. The molecule has 0 unspecified atom stereocenters. The average molecular weight is 726 g/mol. The lowest BCUT2D eigenvalue weighted by atomic mass is 9.98. The SMILES string of the molecule is N#Cc1ccc(-c2ccc3c(c2)c2cc4cc(c5ccccc5c5nc(-c6ccc(-c7ccccc7)cc6)nc(n5)c5ccccc45)c2n3-c2ccccc2)cc1. The maximum atomic E-state index is 9.46. The average Bonchev–Trinajstić information content (AvgIpc) is 3.62. The van der Waals surface area contributed by atoms with E-state index in [9.17, 15) is 5.26 Å². The Balaban J connectivity index is 1.28. The van der Waals surface area contributed by atoms with E-state index in [1.165, 1.54) is 0 Å². The van der Waals surface area contributed by atoms with Crippen LogP contribution in [0.1, 0.15) is 5.56 Å². The van der Waals surface area contributed by atoms with E-state index >= 15 is 0 Å². The molecule has 4 bridgehead atoms. The first-order valence-electron chi connectivity index (χ1n) is 19.0. The molecule has 11 aromatic rings. The molecule has 0 saturated heterocycles. The molecule has 5 heteroatoms. The second-order valence-electron chi connectivity index (χ2n) is 14.4. The van der Waals surface area contributed by atoms with Gasteiger partial charge in [-0.05, 0) is 86.9 Å². The van der Waals surface area contributed by atoms with Crippen LogP contribution in [0.15, 0.2) is 188 Å². The summed E-state index contributed by atoms with van der Waals surface area (Å²) in [6, 6.07) is 67.8. The monoisotopic (exact) mass is 725 g/mol. The number of aromatic nitrogens is 4. The summed E-state index contributed by atoms with van der Waals surface area (Å²) in [7, 11) is 0. The third kappa shape index (κ3) is 5.43. The summed E-state index contributed by atoms with van der Waals surface area (Å²) in [6.07, 6.45) is 0. The van der Waals surface area contributed by atoms with E-state index in [1.807, 2.05) is 30.3 Å². The fraction of sp³-hybridized carbons (Fsp3) is 0. The quantitative estimate of drug-likeness (QED) is 0.181. The number of nitrogens with zero attached hydrogens (tertiary/aromatic N) is 5. The summed E-state index contributed by atoms with van der Waals surface area (Å²) in [4.78, 5) is 15.6. The maximum absolute atomic E-state index is 9.46. The first-order chi connectivity index (χ1) is 28.2. The van der Waals surface area contributed by atoms with Crippen molar-refractivity contribution in [1.82, 2.24) is 19.5 Å². The summed E-state index contributed by atoms with van der Waals surface area (Å²) >= 11 is 0. The minimum Gasteiger partial charge on any atom is -0.309 e. The standard InChI is InChI=1S/C52H31N5/c53-32-33-19-21-36(22-20-33)38-27-28-48-45(29-38)47-31-39-30-46(49(47)57(48)40-13-5-2-6-14-40)42-16-8-10-18-44(42)52-55-50(54-51(56-52)43-17-9-7-15-41(39)43)37-25-23-35(24-26-37)34-11-3-1-4-12-34/h1-31H. The van der Waals surface area contributed by atoms with Crippen LogP contribution in [-0.2, 0) is 0 Å². The summed E-state index contributed by atoms with van der Waals surface area (Å²) in [6.45, 7) is 0. The molecular weight excluding hydrogens is 695 g/mol. The van der Waals surface area contributed by atoms with Gasteiger partial charge in [0.2, 0.25) is 0 Å². The topological polar surface area (TPSA) is 67.4 Å². The highest BCUT2D eigenvalue weighted by Gasteiger charge is 2.19. The van der Waals surface area contributed by atoms with Crippen molar-refractivity contribution in [3.8, 4) is 45.4 Å². The Labute approximate surface area is 328 Å². The zero-order valence-electron chi connectivity index (χ0n) is 30.6. The third-order valence-corrected chi connectivity index (χ3v) is 11.0. The van der Waals surface area contributed by atoms with E-state index < -0.39 is 0 Å². The Hall–Kier alpha value is -7.94. The zero-order chi connectivity index (χ0) is 37.9. The highest BCUT2D eigenvalue weighted by molar-refractivity contribution is 6.24. The number of para-hydroxylation sites is 1. The van der Waals surface area contributed by atoms with E-state index in [0.29, 0.717) is 22.7 Å². The number of rotatable bonds is 4. The van der Waals surface area contributed by atoms with Gasteiger partial charge in [-0.25, -0.2) is 15.0 Å². The molecule has 0 saturated carbocycles. The van der Waals surface area contributed by atoms with Gasteiger partial charge in [0.25, 0.3) is 0 Å². The van der Waals surface area contributed by atoms with Gasteiger partial charge in [0, 0.05) is 38.2 Å². The Kier molecular flexibility index (Phi) is 7.48. The molecule has 0 atom stereocenters. The molecule has 57 heavy (non-hydrogen) atoms. The lowest BCUT2D eigenvalue weighted by Crippen LogP contribution is -1.96. The van der Waals surface area contributed by atoms with E-state index in [2.05, 4.69) is 168 Å². The first kappa shape index (κ1) is 32.5. The van der Waals surface area contributed by atoms with Gasteiger partial charge in [0.15, 0.2) is 17.1 Å². The lowest BCUT2D eigenvalue weighted by molar-refractivity contribution is 1.18. The predicted octanol–water partition coefficient (Wildman–Crippen LogP) is 13.0. The van der Waals surface area contributed by atoms with Gasteiger partial charge in [-0.3, -0.25) is 0 Å². The first-order valence-corrected chi connectivity index (χ1v) is 19.0. The fourth-order valence-electron chi connectivity index (χ4n) is 8.30. The lowest BCUT2D eigenvalue weighted by Gasteiger charge is -2.11. The van der Waals surface area contributed by atoms with Gasteiger partial charge in [-0.1, -0.05) is 140 Å². The van der Waals surface area contributed by atoms with Gasteiger partial charge in [0.05, 0.1) is 22.7 Å². The second kappa shape index (κ2) is 13.1. The maximum Gasteiger partial charge on any atom is 0.164 e. The fourth-order valence-corrected chi connectivity index (χ4v) is 8.30. The molecule has 8 aromatic carbocycles. The summed E-state index contributed by atoms with van der Waals surface area (Å²) < 4.78 is 2.39. The van der Waals surface area contributed by atoms with Crippen molar-refractivity contribution in [2.45, 2.75) is 0 Å². The van der Waals surface area contributed by atoms with Crippen LogP contribution in [0.4, 0.5) is 0 Å². The number of hydrogen-bond donors (Lipinski definition) is 0. The van der Waals surface area contributed by atoms with Gasteiger partial charge < -0.3 is 4.57 Å².